The van der Waals surface area contributed by atoms with E-state index in [1.165, 1.54) is 12.1 Å². The Hall–Kier alpha value is -1.94. The van der Waals surface area contributed by atoms with Crippen molar-refractivity contribution in [1.29, 1.82) is 0 Å². The van der Waals surface area contributed by atoms with Crippen molar-refractivity contribution < 1.29 is 44.3 Å². The van der Waals surface area contributed by atoms with Crippen LogP contribution in [0.4, 0.5) is 45.2 Å². The van der Waals surface area contributed by atoms with Crippen molar-refractivity contribution in [3.05, 3.63) is 29.3 Å². The largest absolute Gasteiger partial charge is 0.451 e. The molecule has 0 heterocycles. The van der Waals surface area contributed by atoms with Crippen molar-refractivity contribution in [3.63, 3.8) is 0 Å². The Balaban J connectivity index is 3.54. The zero-order valence-corrected chi connectivity index (χ0v) is 15.2. The number of benzene rings is 1. The van der Waals surface area contributed by atoms with Gasteiger partial charge in [-0.2, -0.15) is 39.5 Å². The second-order valence-corrected chi connectivity index (χ2v) is 6.62. The van der Waals surface area contributed by atoms with E-state index in [4.69, 9.17) is 0 Å². The van der Waals surface area contributed by atoms with Crippen molar-refractivity contribution in [2.75, 3.05) is 0 Å². The lowest BCUT2D eigenvalue weighted by molar-refractivity contribution is -0.439. The topological polar surface area (TPSA) is 21.6 Å². The van der Waals surface area contributed by atoms with Crippen LogP contribution in [0.1, 0.15) is 50.7 Å². The molecule has 28 heavy (non-hydrogen) atoms. The maximum absolute atomic E-state index is 12.9. The minimum absolute atomic E-state index is 0.0343. The molecule has 0 unspecified atom stereocenters. The first-order chi connectivity index (χ1) is 12.5. The Morgan fingerprint density at radius 1 is 0.750 bits per heavy atom. The second kappa shape index (κ2) is 7.82. The third-order valence-electron chi connectivity index (χ3n) is 3.95. The number of rotatable bonds is 5. The predicted molar refractivity (Wildman–Crippen MR) is 84.8 cm³/mol. The summed E-state index contributed by atoms with van der Waals surface area (Å²) in [4.78, 5) is 3.43. The summed E-state index contributed by atoms with van der Waals surface area (Å²) in [6.07, 6.45) is -20.9. The maximum Gasteiger partial charge on any atom is 0.447 e. The van der Waals surface area contributed by atoms with E-state index in [9.17, 15) is 39.5 Å². The van der Waals surface area contributed by atoms with Crippen LogP contribution in [0.5, 0.6) is 0 Å². The van der Waals surface area contributed by atoms with Crippen LogP contribution in [0.3, 0.4) is 0 Å². The molecule has 160 valence electrons. The number of hydrogen-bond donors (Lipinski definition) is 0. The molecule has 0 aliphatic carbocycles. The van der Waals surface area contributed by atoms with Crippen molar-refractivity contribution in [3.8, 4) is 0 Å². The molecule has 0 atom stereocenters. The summed E-state index contributed by atoms with van der Waals surface area (Å²) in [5, 5.41) is 0. The fraction of sp³-hybridized carbons (Fsp3) is 0.588. The first kappa shape index (κ1) is 24.1. The molecular formula is C17H18F9NO. The Kier molecular flexibility index (Phi) is 6.73. The Morgan fingerprint density at radius 2 is 1.11 bits per heavy atom. The normalized spacial score (nSPS) is 14.4. The van der Waals surface area contributed by atoms with Gasteiger partial charge in [0.2, 0.25) is 0 Å². The quantitative estimate of drug-likeness (QED) is 0.283. The Labute approximate surface area is 155 Å². The van der Waals surface area contributed by atoms with Gasteiger partial charge in [0.15, 0.2) is 6.40 Å². The van der Waals surface area contributed by atoms with Crippen molar-refractivity contribution in [2.45, 2.75) is 63.7 Å². The summed E-state index contributed by atoms with van der Waals surface area (Å²) < 4.78 is 119. The number of para-hydroxylation sites is 1. The summed E-state index contributed by atoms with van der Waals surface area (Å²) >= 11 is 0. The van der Waals surface area contributed by atoms with Crippen LogP contribution in [-0.2, 0) is 4.74 Å². The molecule has 1 aromatic carbocycles. The number of alkyl halides is 9. The summed E-state index contributed by atoms with van der Waals surface area (Å²) in [7, 11) is 0. The molecule has 0 N–H and O–H groups in total. The van der Waals surface area contributed by atoms with E-state index in [2.05, 4.69) is 9.73 Å². The zero-order valence-electron chi connectivity index (χ0n) is 15.2. The highest BCUT2D eigenvalue weighted by molar-refractivity contribution is 5.64. The second-order valence-electron chi connectivity index (χ2n) is 6.62. The summed E-state index contributed by atoms with van der Waals surface area (Å²) in [5.41, 5.74) is -5.56. The number of aliphatic imine (C=N–C) groups is 1. The van der Waals surface area contributed by atoms with Gasteiger partial charge in [-0.1, -0.05) is 45.9 Å². The van der Waals surface area contributed by atoms with E-state index in [0.717, 1.165) is 0 Å². The van der Waals surface area contributed by atoms with Gasteiger partial charge in [-0.3, -0.25) is 0 Å². The van der Waals surface area contributed by atoms with E-state index < -0.39 is 30.5 Å². The minimum atomic E-state index is -6.81. The summed E-state index contributed by atoms with van der Waals surface area (Å²) in [6, 6.07) is 4.65. The molecule has 0 aliphatic rings. The van der Waals surface area contributed by atoms with Crippen LogP contribution >= 0.6 is 0 Å². The summed E-state index contributed by atoms with van der Waals surface area (Å²) in [5.74, 6) is -0.494. The Morgan fingerprint density at radius 3 is 1.39 bits per heavy atom. The van der Waals surface area contributed by atoms with Gasteiger partial charge < -0.3 is 4.74 Å². The van der Waals surface area contributed by atoms with Crippen LogP contribution in [-0.4, -0.2) is 30.5 Å². The number of halogens is 9. The molecule has 11 heteroatoms. The lowest BCUT2D eigenvalue weighted by Crippen LogP contribution is -2.67. The third-order valence-corrected chi connectivity index (χ3v) is 3.95. The fourth-order valence-electron chi connectivity index (χ4n) is 2.50. The van der Waals surface area contributed by atoms with E-state index in [1.54, 1.807) is 33.8 Å². The first-order valence-corrected chi connectivity index (χ1v) is 8.00. The lowest BCUT2D eigenvalue weighted by Gasteiger charge is -2.36. The molecule has 0 saturated heterocycles. The smallest absolute Gasteiger partial charge is 0.447 e. The van der Waals surface area contributed by atoms with Crippen LogP contribution in [0.2, 0.25) is 0 Å². The number of ether oxygens (including phenoxy) is 1. The van der Waals surface area contributed by atoms with Crippen LogP contribution in [0, 0.1) is 0 Å². The average molecular weight is 423 g/mol. The summed E-state index contributed by atoms with van der Waals surface area (Å²) in [6.45, 7) is 6.74. The molecule has 0 saturated carbocycles. The standard InChI is InChI=1S/C17H18F9NO/c1-9(2)11-6-5-7-12(10(3)4)13(11)27-8-28-14(15(18,19)20,16(21,22)23)17(24,25)26/h5-10H,1-4H3/b27-8-. The van der Waals surface area contributed by atoms with Gasteiger partial charge in [-0.15, -0.1) is 0 Å². The van der Waals surface area contributed by atoms with Crippen LogP contribution < -0.4 is 0 Å². The SMILES string of the molecule is CC(C)c1cccc(C(C)C)c1/N=C\OC(C(F)(F)F)(C(F)(F)F)C(F)(F)F. The molecule has 2 nitrogen and oxygen atoms in total. The number of hydrogen-bond acceptors (Lipinski definition) is 2. The zero-order chi connectivity index (χ0) is 22.1. The molecular weight excluding hydrogens is 405 g/mol. The van der Waals surface area contributed by atoms with Crippen LogP contribution in [0.25, 0.3) is 0 Å². The fourth-order valence-corrected chi connectivity index (χ4v) is 2.50. The number of nitrogens with zero attached hydrogens (tertiary/aromatic N) is 1. The van der Waals surface area contributed by atoms with Gasteiger partial charge in [0.1, 0.15) is 0 Å². The monoisotopic (exact) mass is 423 g/mol. The molecule has 0 radical (unpaired) electrons. The molecule has 0 amide bonds. The van der Waals surface area contributed by atoms with E-state index in [0.29, 0.717) is 11.1 Å². The molecule has 0 aliphatic heterocycles. The highest BCUT2D eigenvalue weighted by Gasteiger charge is 2.86. The average Bonchev–Trinajstić information content (AvgIpc) is 2.46. The Bertz CT molecular complexity index is 638. The van der Waals surface area contributed by atoms with Gasteiger partial charge in [-0.05, 0) is 23.0 Å². The molecule has 1 aromatic rings. The lowest BCUT2D eigenvalue weighted by atomic mass is 9.93. The van der Waals surface area contributed by atoms with E-state index in [-0.39, 0.29) is 17.5 Å². The van der Waals surface area contributed by atoms with Gasteiger partial charge in [0, 0.05) is 0 Å². The molecule has 1 rings (SSSR count). The van der Waals surface area contributed by atoms with E-state index in [1.807, 2.05) is 0 Å². The molecule has 0 bridgehead atoms. The van der Waals surface area contributed by atoms with Crippen molar-refractivity contribution >= 4 is 12.1 Å². The third kappa shape index (κ3) is 4.38. The molecule has 0 aromatic heterocycles. The maximum atomic E-state index is 12.9. The van der Waals surface area contributed by atoms with E-state index >= 15 is 0 Å². The highest BCUT2D eigenvalue weighted by atomic mass is 19.4. The first-order valence-electron chi connectivity index (χ1n) is 8.00. The van der Waals surface area contributed by atoms with Gasteiger partial charge in [0.25, 0.3) is 0 Å². The highest BCUT2D eigenvalue weighted by Crippen LogP contribution is 2.54. The predicted octanol–water partition coefficient (Wildman–Crippen LogP) is 7.04. The van der Waals surface area contributed by atoms with Crippen molar-refractivity contribution in [2.24, 2.45) is 4.99 Å². The van der Waals surface area contributed by atoms with Gasteiger partial charge in [-0.25, -0.2) is 4.99 Å². The molecule has 0 fully saturated rings. The van der Waals surface area contributed by atoms with Gasteiger partial charge >= 0.3 is 24.1 Å². The van der Waals surface area contributed by atoms with Crippen LogP contribution in [0.15, 0.2) is 23.2 Å². The van der Waals surface area contributed by atoms with Gasteiger partial charge in [0.05, 0.1) is 5.69 Å². The minimum Gasteiger partial charge on any atom is -0.451 e. The van der Waals surface area contributed by atoms with Crippen molar-refractivity contribution in [1.82, 2.24) is 0 Å². The molecule has 0 spiro atoms.